The Hall–Kier alpha value is -3.00. The zero-order chi connectivity index (χ0) is 19.5. The Bertz CT molecular complexity index is 1030. The molecule has 0 spiro atoms. The Morgan fingerprint density at radius 2 is 2.07 bits per heavy atom. The van der Waals surface area contributed by atoms with Gasteiger partial charge in [-0.3, -0.25) is 18.9 Å². The molecule has 3 aromatic rings. The highest BCUT2D eigenvalue weighted by Gasteiger charge is 2.29. The first-order valence-electron chi connectivity index (χ1n) is 9.44. The second-order valence-corrected chi connectivity index (χ2v) is 6.93. The van der Waals surface area contributed by atoms with Crippen LogP contribution in [0.5, 0.6) is 0 Å². The molecule has 1 saturated heterocycles. The number of ether oxygens (including phenoxy) is 1. The monoisotopic (exact) mass is 381 g/mol. The van der Waals surface area contributed by atoms with Crippen molar-refractivity contribution in [2.24, 2.45) is 0 Å². The average molecular weight is 381 g/mol. The number of pyridine rings is 2. The third-order valence-corrected chi connectivity index (χ3v) is 5.22. The minimum absolute atomic E-state index is 0.0313. The fourth-order valence-corrected chi connectivity index (χ4v) is 3.86. The van der Waals surface area contributed by atoms with Gasteiger partial charge in [0.1, 0.15) is 0 Å². The van der Waals surface area contributed by atoms with Crippen molar-refractivity contribution in [1.82, 2.24) is 24.0 Å². The molecule has 3 aromatic heterocycles. The van der Waals surface area contributed by atoms with Gasteiger partial charge in [0.05, 0.1) is 24.7 Å². The zero-order valence-electron chi connectivity index (χ0n) is 15.8. The number of likely N-dealkylation sites (tertiary alicyclic amines) is 1. The summed E-state index contributed by atoms with van der Waals surface area (Å²) in [5.74, 6) is -0.0313. The lowest BCUT2D eigenvalue weighted by molar-refractivity contribution is 0.0679. The van der Waals surface area contributed by atoms with E-state index in [1.165, 1.54) is 0 Å². The SMILES string of the molecule is COCCn1c(=O)n([C@H]2CCCN(C(=O)c3ccncc3)C2)c2ncccc21. The Balaban J connectivity index is 1.67. The van der Waals surface area contributed by atoms with Crippen LogP contribution < -0.4 is 5.69 Å². The molecule has 1 fully saturated rings. The fourth-order valence-electron chi connectivity index (χ4n) is 3.86. The maximum atomic E-state index is 13.2. The maximum Gasteiger partial charge on any atom is 0.330 e. The van der Waals surface area contributed by atoms with Gasteiger partial charge in [-0.15, -0.1) is 0 Å². The van der Waals surface area contributed by atoms with E-state index in [4.69, 9.17) is 4.74 Å². The predicted molar refractivity (Wildman–Crippen MR) is 104 cm³/mol. The first kappa shape index (κ1) is 18.4. The number of hydrogen-bond acceptors (Lipinski definition) is 5. The van der Waals surface area contributed by atoms with Gasteiger partial charge in [0.2, 0.25) is 0 Å². The van der Waals surface area contributed by atoms with Gasteiger partial charge in [0, 0.05) is 44.4 Å². The van der Waals surface area contributed by atoms with Crippen LogP contribution in [-0.4, -0.2) is 56.7 Å². The first-order chi connectivity index (χ1) is 13.7. The maximum absolute atomic E-state index is 13.2. The molecule has 1 amide bonds. The number of aromatic nitrogens is 4. The highest BCUT2D eigenvalue weighted by atomic mass is 16.5. The van der Waals surface area contributed by atoms with Gasteiger partial charge in [-0.05, 0) is 37.1 Å². The summed E-state index contributed by atoms with van der Waals surface area (Å²) in [6.45, 7) is 2.09. The molecule has 4 rings (SSSR count). The Kier molecular flexibility index (Phi) is 5.21. The number of hydrogen-bond donors (Lipinski definition) is 0. The van der Waals surface area contributed by atoms with E-state index in [9.17, 15) is 9.59 Å². The van der Waals surface area contributed by atoms with Crippen molar-refractivity contribution in [2.75, 3.05) is 26.8 Å². The summed E-state index contributed by atoms with van der Waals surface area (Å²) in [5, 5.41) is 0. The predicted octanol–water partition coefficient (Wildman–Crippen LogP) is 1.72. The van der Waals surface area contributed by atoms with Gasteiger partial charge in [-0.1, -0.05) is 0 Å². The molecule has 0 unspecified atom stereocenters. The van der Waals surface area contributed by atoms with Crippen LogP contribution in [0.15, 0.2) is 47.7 Å². The molecule has 1 atom stereocenters. The van der Waals surface area contributed by atoms with Gasteiger partial charge in [-0.2, -0.15) is 0 Å². The van der Waals surface area contributed by atoms with Gasteiger partial charge < -0.3 is 9.64 Å². The van der Waals surface area contributed by atoms with Crippen molar-refractivity contribution in [3.05, 3.63) is 58.9 Å². The summed E-state index contributed by atoms with van der Waals surface area (Å²) in [5.41, 5.74) is 1.96. The van der Waals surface area contributed by atoms with Gasteiger partial charge in [0.25, 0.3) is 5.91 Å². The lowest BCUT2D eigenvalue weighted by atomic mass is 10.0. The smallest absolute Gasteiger partial charge is 0.330 e. The van der Waals surface area contributed by atoms with Gasteiger partial charge >= 0.3 is 5.69 Å². The van der Waals surface area contributed by atoms with Crippen molar-refractivity contribution in [3.63, 3.8) is 0 Å². The van der Waals surface area contributed by atoms with E-state index in [0.717, 1.165) is 18.4 Å². The van der Waals surface area contributed by atoms with Crippen LogP contribution in [0.3, 0.4) is 0 Å². The van der Waals surface area contributed by atoms with Gasteiger partial charge in [0.15, 0.2) is 5.65 Å². The number of methoxy groups -OCH3 is 1. The van der Waals surface area contributed by atoms with Gasteiger partial charge in [-0.25, -0.2) is 9.78 Å². The molecular weight excluding hydrogens is 358 g/mol. The molecule has 146 valence electrons. The van der Waals surface area contributed by atoms with Crippen molar-refractivity contribution >= 4 is 17.1 Å². The standard InChI is InChI=1S/C20H23N5O3/c1-28-13-12-24-17-5-2-8-22-18(17)25(20(24)27)16-4-3-11-23(14-16)19(26)15-6-9-21-10-7-15/h2,5-10,16H,3-4,11-14H2,1H3/t16-/m0/s1. The van der Waals surface area contributed by atoms with Crippen LogP contribution in [-0.2, 0) is 11.3 Å². The molecule has 4 heterocycles. The molecular formula is C20H23N5O3. The fraction of sp³-hybridized carbons (Fsp3) is 0.400. The van der Waals surface area contributed by atoms with E-state index < -0.39 is 0 Å². The lowest BCUT2D eigenvalue weighted by Gasteiger charge is -2.33. The van der Waals surface area contributed by atoms with Crippen molar-refractivity contribution in [1.29, 1.82) is 0 Å². The summed E-state index contributed by atoms with van der Waals surface area (Å²) in [6, 6.07) is 7.06. The normalized spacial score (nSPS) is 17.2. The summed E-state index contributed by atoms with van der Waals surface area (Å²) in [6.07, 6.45) is 6.60. The van der Waals surface area contributed by atoms with Crippen molar-refractivity contribution < 1.29 is 9.53 Å². The number of nitrogens with zero attached hydrogens (tertiary/aromatic N) is 5. The van der Waals surface area contributed by atoms with Crippen LogP contribution >= 0.6 is 0 Å². The minimum atomic E-state index is -0.103. The quantitative estimate of drug-likeness (QED) is 0.672. The van der Waals surface area contributed by atoms with Crippen LogP contribution in [0, 0.1) is 0 Å². The molecule has 8 nitrogen and oxygen atoms in total. The molecule has 0 aromatic carbocycles. The van der Waals surface area contributed by atoms with E-state index in [0.29, 0.717) is 37.5 Å². The number of piperidine rings is 1. The third kappa shape index (κ3) is 3.31. The largest absolute Gasteiger partial charge is 0.383 e. The van der Waals surface area contributed by atoms with E-state index >= 15 is 0 Å². The summed E-state index contributed by atoms with van der Waals surface area (Å²) in [4.78, 5) is 36.3. The second-order valence-electron chi connectivity index (χ2n) is 6.93. The number of carbonyl (C=O) groups excluding carboxylic acids is 1. The Morgan fingerprint density at radius 3 is 2.86 bits per heavy atom. The van der Waals surface area contributed by atoms with E-state index in [1.54, 1.807) is 47.0 Å². The van der Waals surface area contributed by atoms with E-state index in [-0.39, 0.29) is 17.6 Å². The highest BCUT2D eigenvalue weighted by molar-refractivity contribution is 5.94. The topological polar surface area (TPSA) is 82.2 Å². The van der Waals surface area contributed by atoms with Crippen LogP contribution in [0.1, 0.15) is 29.2 Å². The molecule has 0 aliphatic carbocycles. The van der Waals surface area contributed by atoms with Crippen LogP contribution in [0.25, 0.3) is 11.2 Å². The number of carbonyl (C=O) groups is 1. The summed E-state index contributed by atoms with van der Waals surface area (Å²) < 4.78 is 8.61. The first-order valence-corrected chi connectivity index (χ1v) is 9.44. The van der Waals surface area contributed by atoms with Crippen molar-refractivity contribution in [2.45, 2.75) is 25.4 Å². The van der Waals surface area contributed by atoms with Crippen molar-refractivity contribution in [3.8, 4) is 0 Å². The molecule has 1 aliphatic heterocycles. The minimum Gasteiger partial charge on any atom is -0.383 e. The van der Waals surface area contributed by atoms with E-state index in [2.05, 4.69) is 9.97 Å². The second kappa shape index (κ2) is 7.93. The summed E-state index contributed by atoms with van der Waals surface area (Å²) in [7, 11) is 1.62. The third-order valence-electron chi connectivity index (χ3n) is 5.22. The van der Waals surface area contributed by atoms with E-state index in [1.807, 2.05) is 17.0 Å². The molecule has 0 N–H and O–H groups in total. The number of rotatable bonds is 5. The Labute approximate surface area is 162 Å². The van der Waals surface area contributed by atoms with Crippen LogP contribution in [0.4, 0.5) is 0 Å². The number of fused-ring (bicyclic) bond motifs is 1. The Morgan fingerprint density at radius 1 is 1.25 bits per heavy atom. The zero-order valence-corrected chi connectivity index (χ0v) is 15.8. The molecule has 1 aliphatic rings. The molecule has 28 heavy (non-hydrogen) atoms. The molecule has 0 radical (unpaired) electrons. The number of amides is 1. The molecule has 0 saturated carbocycles. The highest BCUT2D eigenvalue weighted by Crippen LogP contribution is 2.25. The number of imidazole rings is 1. The summed E-state index contributed by atoms with van der Waals surface area (Å²) >= 11 is 0. The van der Waals surface area contributed by atoms with Crippen LogP contribution in [0.2, 0.25) is 0 Å². The molecule has 0 bridgehead atoms. The average Bonchev–Trinajstić information content (AvgIpc) is 3.03. The lowest BCUT2D eigenvalue weighted by Crippen LogP contribution is -2.43. The molecule has 8 heteroatoms.